The van der Waals surface area contributed by atoms with E-state index in [1.807, 2.05) is 29.6 Å². The lowest BCUT2D eigenvalue weighted by molar-refractivity contribution is 0.755. The minimum atomic E-state index is 0.508. The van der Waals surface area contributed by atoms with Crippen LogP contribution in [0.2, 0.25) is 5.15 Å². The molecule has 2 rings (SSSR count). The summed E-state index contributed by atoms with van der Waals surface area (Å²) in [7, 11) is 1.90. The van der Waals surface area contributed by atoms with Crippen LogP contribution in [-0.2, 0) is 6.42 Å². The minimum Gasteiger partial charge on any atom is -0.385 e. The Hall–Kier alpha value is -1.26. The molecule has 80 valence electrons. The average Bonchev–Trinajstić information content (AvgIpc) is 2.55. The van der Waals surface area contributed by atoms with Crippen LogP contribution in [0.15, 0.2) is 18.2 Å². The molecule has 0 unspecified atom stereocenters. The van der Waals surface area contributed by atoms with Crippen molar-refractivity contribution in [2.75, 3.05) is 19.3 Å². The van der Waals surface area contributed by atoms with Gasteiger partial charge in [0.25, 0.3) is 0 Å². The van der Waals surface area contributed by atoms with Gasteiger partial charge >= 0.3 is 0 Å². The number of likely N-dealkylation sites (N-methyl/N-ethyl adjacent to an activating group) is 1. The van der Waals surface area contributed by atoms with E-state index < -0.39 is 0 Å². The lowest BCUT2D eigenvalue weighted by Gasteiger charge is -2.03. The van der Waals surface area contributed by atoms with Gasteiger partial charge < -0.3 is 11.1 Å². The number of imidazole rings is 1. The second-order valence-corrected chi connectivity index (χ2v) is 3.70. The van der Waals surface area contributed by atoms with Crippen molar-refractivity contribution in [3.05, 3.63) is 29.2 Å². The van der Waals surface area contributed by atoms with Gasteiger partial charge in [0.15, 0.2) is 5.15 Å². The number of nitrogens with zero attached hydrogens (tertiary/aromatic N) is 2. The van der Waals surface area contributed by atoms with E-state index in [-0.39, 0.29) is 0 Å². The number of rotatable bonds is 3. The molecule has 0 atom stereocenters. The molecule has 2 heterocycles. The van der Waals surface area contributed by atoms with Crippen LogP contribution in [-0.4, -0.2) is 23.0 Å². The second-order valence-electron chi connectivity index (χ2n) is 3.34. The van der Waals surface area contributed by atoms with E-state index in [0.29, 0.717) is 11.0 Å². The first-order valence-corrected chi connectivity index (χ1v) is 5.17. The molecule has 0 bridgehead atoms. The monoisotopic (exact) mass is 224 g/mol. The van der Waals surface area contributed by atoms with Crippen LogP contribution in [0.5, 0.6) is 0 Å². The van der Waals surface area contributed by atoms with E-state index >= 15 is 0 Å². The normalized spacial score (nSPS) is 11.1. The van der Waals surface area contributed by atoms with Crippen molar-refractivity contribution in [1.29, 1.82) is 0 Å². The summed E-state index contributed by atoms with van der Waals surface area (Å²) in [4.78, 5) is 4.30. The van der Waals surface area contributed by atoms with E-state index in [0.717, 1.165) is 24.3 Å². The number of nitrogens with two attached hydrogens (primary N) is 1. The zero-order valence-corrected chi connectivity index (χ0v) is 9.25. The fraction of sp³-hybridized carbons (Fsp3) is 0.300. The number of hydrogen-bond acceptors (Lipinski definition) is 3. The summed E-state index contributed by atoms with van der Waals surface area (Å²) in [6, 6.07) is 5.63. The summed E-state index contributed by atoms with van der Waals surface area (Å²) in [6.07, 6.45) is 0.804. The Morgan fingerprint density at radius 3 is 3.07 bits per heavy atom. The number of halogens is 1. The van der Waals surface area contributed by atoms with Gasteiger partial charge in [-0.05, 0) is 19.2 Å². The quantitative estimate of drug-likeness (QED) is 0.827. The second kappa shape index (κ2) is 4.08. The number of fused-ring (bicyclic) bond motifs is 1. The molecule has 0 amide bonds. The van der Waals surface area contributed by atoms with Crippen molar-refractivity contribution in [1.82, 2.24) is 14.7 Å². The molecular weight excluding hydrogens is 212 g/mol. The summed E-state index contributed by atoms with van der Waals surface area (Å²) < 4.78 is 1.89. The third-order valence-electron chi connectivity index (χ3n) is 2.32. The van der Waals surface area contributed by atoms with Crippen molar-refractivity contribution in [2.24, 2.45) is 0 Å². The molecule has 15 heavy (non-hydrogen) atoms. The summed E-state index contributed by atoms with van der Waals surface area (Å²) in [6.45, 7) is 0.851. The van der Waals surface area contributed by atoms with Gasteiger partial charge in [-0.2, -0.15) is 0 Å². The van der Waals surface area contributed by atoms with Crippen LogP contribution in [0, 0.1) is 0 Å². The highest BCUT2D eigenvalue weighted by Crippen LogP contribution is 2.21. The van der Waals surface area contributed by atoms with Crippen LogP contribution in [0.25, 0.3) is 5.52 Å². The van der Waals surface area contributed by atoms with Crippen LogP contribution in [0.4, 0.5) is 5.82 Å². The Bertz CT molecular complexity index is 477. The minimum absolute atomic E-state index is 0.508. The molecule has 0 aromatic carbocycles. The molecule has 0 aliphatic carbocycles. The topological polar surface area (TPSA) is 55.3 Å². The number of nitrogen functional groups attached to an aromatic ring is 1. The molecule has 0 aliphatic rings. The molecule has 0 fully saturated rings. The summed E-state index contributed by atoms with van der Waals surface area (Å²) in [5, 5.41) is 3.58. The van der Waals surface area contributed by atoms with Gasteiger partial charge in [-0.25, -0.2) is 4.98 Å². The van der Waals surface area contributed by atoms with E-state index in [1.54, 1.807) is 0 Å². The van der Waals surface area contributed by atoms with E-state index in [1.165, 1.54) is 0 Å². The summed E-state index contributed by atoms with van der Waals surface area (Å²) in [5.74, 6) is 1.56. The molecule has 0 saturated heterocycles. The number of aromatic nitrogens is 2. The Balaban J connectivity index is 2.54. The van der Waals surface area contributed by atoms with Gasteiger partial charge in [-0.1, -0.05) is 17.7 Å². The molecular formula is C10H13ClN4. The van der Waals surface area contributed by atoms with Gasteiger partial charge in [-0.3, -0.25) is 4.40 Å². The van der Waals surface area contributed by atoms with Gasteiger partial charge in [0.05, 0.1) is 5.52 Å². The lowest BCUT2D eigenvalue weighted by Crippen LogP contribution is -2.13. The first-order valence-electron chi connectivity index (χ1n) is 4.80. The predicted octanol–water partition coefficient (Wildman–Crippen LogP) is 1.33. The zero-order valence-electron chi connectivity index (χ0n) is 8.50. The number of nitrogens with one attached hydrogen (secondary N) is 1. The maximum absolute atomic E-state index is 6.02. The zero-order chi connectivity index (χ0) is 10.8. The molecule has 0 saturated carbocycles. The third-order valence-corrected chi connectivity index (χ3v) is 2.59. The number of anilines is 1. The van der Waals surface area contributed by atoms with Gasteiger partial charge in [0.2, 0.25) is 0 Å². The van der Waals surface area contributed by atoms with Crippen molar-refractivity contribution in [2.45, 2.75) is 6.42 Å². The molecule has 3 N–H and O–H groups in total. The van der Waals surface area contributed by atoms with Crippen molar-refractivity contribution in [3.63, 3.8) is 0 Å². The van der Waals surface area contributed by atoms with Crippen molar-refractivity contribution >= 4 is 22.9 Å². The van der Waals surface area contributed by atoms with E-state index in [4.69, 9.17) is 17.3 Å². The smallest absolute Gasteiger partial charge is 0.155 e. The molecule has 0 spiro atoms. The molecule has 0 aliphatic heterocycles. The van der Waals surface area contributed by atoms with Crippen LogP contribution in [0.3, 0.4) is 0 Å². The standard InChI is InChI=1S/C10H13ClN4/c1-13-6-5-9-14-10(11)7-3-2-4-8(12)15(7)9/h2-4,13H,5-6,12H2,1H3. The average molecular weight is 225 g/mol. The Kier molecular flexibility index (Phi) is 2.79. The molecule has 2 aromatic heterocycles. The largest absolute Gasteiger partial charge is 0.385 e. The third kappa shape index (κ3) is 1.78. The SMILES string of the molecule is CNCCc1nc(Cl)c2cccc(N)n12. The van der Waals surface area contributed by atoms with Crippen molar-refractivity contribution in [3.8, 4) is 0 Å². The van der Waals surface area contributed by atoms with Crippen molar-refractivity contribution < 1.29 is 0 Å². The Morgan fingerprint density at radius 1 is 1.53 bits per heavy atom. The van der Waals surface area contributed by atoms with Gasteiger partial charge in [-0.15, -0.1) is 0 Å². The highest BCUT2D eigenvalue weighted by atomic mass is 35.5. The van der Waals surface area contributed by atoms with Crippen LogP contribution < -0.4 is 11.1 Å². The summed E-state index contributed by atoms with van der Waals surface area (Å²) >= 11 is 6.02. The maximum atomic E-state index is 6.02. The fourth-order valence-corrected chi connectivity index (χ4v) is 1.85. The first-order chi connectivity index (χ1) is 7.24. The predicted molar refractivity (Wildman–Crippen MR) is 62.2 cm³/mol. The lowest BCUT2D eigenvalue weighted by atomic mass is 10.3. The number of hydrogen-bond donors (Lipinski definition) is 2. The van der Waals surface area contributed by atoms with Crippen LogP contribution >= 0.6 is 11.6 Å². The summed E-state index contributed by atoms with van der Waals surface area (Å²) in [5.41, 5.74) is 6.75. The molecule has 4 nitrogen and oxygen atoms in total. The Labute approximate surface area is 93.1 Å². The molecule has 5 heteroatoms. The van der Waals surface area contributed by atoms with Gasteiger partial charge in [0, 0.05) is 13.0 Å². The molecule has 2 aromatic rings. The van der Waals surface area contributed by atoms with Gasteiger partial charge in [0.1, 0.15) is 11.6 Å². The highest BCUT2D eigenvalue weighted by molar-refractivity contribution is 6.32. The van der Waals surface area contributed by atoms with E-state index in [9.17, 15) is 0 Å². The van der Waals surface area contributed by atoms with E-state index in [2.05, 4.69) is 10.3 Å². The Morgan fingerprint density at radius 2 is 2.33 bits per heavy atom. The molecule has 0 radical (unpaired) electrons. The fourth-order valence-electron chi connectivity index (χ4n) is 1.60. The first kappa shape index (κ1) is 10.3. The van der Waals surface area contributed by atoms with Crippen LogP contribution in [0.1, 0.15) is 5.82 Å². The maximum Gasteiger partial charge on any atom is 0.155 e. The number of pyridine rings is 1. The highest BCUT2D eigenvalue weighted by Gasteiger charge is 2.10.